The molecule has 86 valence electrons. The van der Waals surface area contributed by atoms with Gasteiger partial charge in [-0.05, 0) is 12.8 Å². The first-order valence-corrected chi connectivity index (χ1v) is 9.38. The molecule has 0 saturated heterocycles. The molecular formula is C11H26O2Si. The standard InChI is InChI=1S/C11H26O2Si/c1-6-8-9-10-12-13-11(7-2)14(3,4)5/h11H,6-10H2,1-5H3. The van der Waals surface area contributed by atoms with Crippen molar-refractivity contribution in [3.05, 3.63) is 0 Å². The van der Waals surface area contributed by atoms with Gasteiger partial charge in [-0.2, -0.15) is 0 Å². The Hall–Kier alpha value is 0.137. The molecule has 0 N–H and O–H groups in total. The smallest absolute Gasteiger partial charge is 0.0827 e. The predicted octanol–water partition coefficient (Wildman–Crippen LogP) is 3.78. The lowest BCUT2D eigenvalue weighted by molar-refractivity contribution is -0.309. The first-order valence-electron chi connectivity index (χ1n) is 5.80. The molecule has 0 aliphatic rings. The van der Waals surface area contributed by atoms with Gasteiger partial charge < -0.3 is 0 Å². The van der Waals surface area contributed by atoms with Crippen LogP contribution in [-0.2, 0) is 9.78 Å². The maximum Gasteiger partial charge on any atom is 0.0827 e. The number of hydrogen-bond donors (Lipinski definition) is 0. The zero-order valence-corrected chi connectivity index (χ0v) is 11.4. The summed E-state index contributed by atoms with van der Waals surface area (Å²) in [5.41, 5.74) is 0.337. The molecule has 0 heterocycles. The van der Waals surface area contributed by atoms with E-state index in [1.807, 2.05) is 0 Å². The molecule has 0 saturated carbocycles. The van der Waals surface area contributed by atoms with Crippen LogP contribution in [0.4, 0.5) is 0 Å². The Bertz CT molecular complexity index is 132. The summed E-state index contributed by atoms with van der Waals surface area (Å²) in [6.07, 6.45) is 4.63. The van der Waals surface area contributed by atoms with E-state index in [9.17, 15) is 0 Å². The van der Waals surface area contributed by atoms with Gasteiger partial charge in [0.1, 0.15) is 0 Å². The molecule has 14 heavy (non-hydrogen) atoms. The highest BCUT2D eigenvalue weighted by Gasteiger charge is 2.26. The molecule has 0 radical (unpaired) electrons. The highest BCUT2D eigenvalue weighted by atomic mass is 28.3. The fourth-order valence-electron chi connectivity index (χ4n) is 1.37. The Kier molecular flexibility index (Phi) is 7.50. The maximum atomic E-state index is 5.46. The first-order chi connectivity index (χ1) is 6.52. The third-order valence-corrected chi connectivity index (χ3v) is 4.79. The fourth-order valence-corrected chi connectivity index (χ4v) is 2.95. The van der Waals surface area contributed by atoms with E-state index >= 15 is 0 Å². The summed E-state index contributed by atoms with van der Waals surface area (Å²) in [5, 5.41) is 0. The molecule has 0 spiro atoms. The van der Waals surface area contributed by atoms with Crippen molar-refractivity contribution in [2.45, 2.75) is 64.9 Å². The van der Waals surface area contributed by atoms with Gasteiger partial charge in [-0.25, -0.2) is 9.78 Å². The van der Waals surface area contributed by atoms with Gasteiger partial charge in [0.25, 0.3) is 0 Å². The van der Waals surface area contributed by atoms with Crippen LogP contribution in [-0.4, -0.2) is 20.4 Å². The molecule has 0 bridgehead atoms. The summed E-state index contributed by atoms with van der Waals surface area (Å²) in [7, 11) is -1.20. The molecule has 1 atom stereocenters. The van der Waals surface area contributed by atoms with Gasteiger partial charge in [0.05, 0.1) is 20.4 Å². The van der Waals surface area contributed by atoms with E-state index in [2.05, 4.69) is 33.5 Å². The Morgan fingerprint density at radius 3 is 2.14 bits per heavy atom. The first kappa shape index (κ1) is 14.1. The second-order valence-electron chi connectivity index (χ2n) is 4.89. The number of hydrogen-bond acceptors (Lipinski definition) is 2. The van der Waals surface area contributed by atoms with E-state index in [0.717, 1.165) is 19.4 Å². The van der Waals surface area contributed by atoms with Gasteiger partial charge in [-0.15, -0.1) is 0 Å². The third-order valence-electron chi connectivity index (χ3n) is 2.35. The number of rotatable bonds is 8. The molecule has 0 aromatic heterocycles. The molecule has 0 aromatic rings. The van der Waals surface area contributed by atoms with Crippen molar-refractivity contribution in [1.29, 1.82) is 0 Å². The molecule has 3 heteroatoms. The molecule has 2 nitrogen and oxygen atoms in total. The summed E-state index contributed by atoms with van der Waals surface area (Å²) in [6, 6.07) is 0. The van der Waals surface area contributed by atoms with Crippen molar-refractivity contribution in [2.75, 3.05) is 6.61 Å². The lowest BCUT2D eigenvalue weighted by Gasteiger charge is -2.26. The Balaban J connectivity index is 3.54. The highest BCUT2D eigenvalue weighted by Crippen LogP contribution is 2.15. The Morgan fingerprint density at radius 2 is 1.71 bits per heavy atom. The summed E-state index contributed by atoms with van der Waals surface area (Å²) < 4.78 is 0. The van der Waals surface area contributed by atoms with Gasteiger partial charge in [-0.1, -0.05) is 46.3 Å². The summed E-state index contributed by atoms with van der Waals surface area (Å²) in [6.45, 7) is 12.1. The molecule has 0 aromatic carbocycles. The Morgan fingerprint density at radius 1 is 1.07 bits per heavy atom. The highest BCUT2D eigenvalue weighted by molar-refractivity contribution is 6.77. The Labute approximate surface area is 89.9 Å². The van der Waals surface area contributed by atoms with Gasteiger partial charge in [-0.3, -0.25) is 0 Å². The zero-order valence-electron chi connectivity index (χ0n) is 10.4. The van der Waals surface area contributed by atoms with E-state index < -0.39 is 8.07 Å². The minimum Gasteiger partial charge on any atom is -0.237 e. The lowest BCUT2D eigenvalue weighted by Crippen LogP contribution is -2.39. The minimum absolute atomic E-state index is 0.337. The molecular weight excluding hydrogens is 192 g/mol. The molecule has 0 aliphatic heterocycles. The molecule has 0 fully saturated rings. The molecule has 0 rings (SSSR count). The normalized spacial score (nSPS) is 14.4. The molecule has 0 aliphatic carbocycles. The van der Waals surface area contributed by atoms with Crippen molar-refractivity contribution in [3.63, 3.8) is 0 Å². The fraction of sp³-hybridized carbons (Fsp3) is 1.00. The summed E-state index contributed by atoms with van der Waals surface area (Å²) in [5.74, 6) is 0. The largest absolute Gasteiger partial charge is 0.237 e. The van der Waals surface area contributed by atoms with E-state index in [0.29, 0.717) is 5.73 Å². The van der Waals surface area contributed by atoms with Crippen molar-refractivity contribution >= 4 is 8.07 Å². The van der Waals surface area contributed by atoms with Crippen LogP contribution >= 0.6 is 0 Å². The van der Waals surface area contributed by atoms with Gasteiger partial charge in [0.15, 0.2) is 0 Å². The van der Waals surface area contributed by atoms with Crippen molar-refractivity contribution < 1.29 is 9.78 Å². The van der Waals surface area contributed by atoms with Crippen molar-refractivity contribution in [2.24, 2.45) is 0 Å². The summed E-state index contributed by atoms with van der Waals surface area (Å²) >= 11 is 0. The minimum atomic E-state index is -1.20. The monoisotopic (exact) mass is 218 g/mol. The molecule has 0 amide bonds. The second kappa shape index (κ2) is 7.43. The van der Waals surface area contributed by atoms with Crippen LogP contribution in [0.15, 0.2) is 0 Å². The van der Waals surface area contributed by atoms with E-state index in [1.54, 1.807) is 0 Å². The van der Waals surface area contributed by atoms with Crippen LogP contribution < -0.4 is 0 Å². The second-order valence-corrected chi connectivity index (χ2v) is 10.3. The zero-order chi connectivity index (χ0) is 11.0. The predicted molar refractivity (Wildman–Crippen MR) is 64.0 cm³/mol. The van der Waals surface area contributed by atoms with E-state index in [-0.39, 0.29) is 0 Å². The number of unbranched alkanes of at least 4 members (excludes halogenated alkanes) is 2. The summed E-state index contributed by atoms with van der Waals surface area (Å²) in [4.78, 5) is 10.7. The van der Waals surface area contributed by atoms with Gasteiger partial charge in [0.2, 0.25) is 0 Å². The average molecular weight is 218 g/mol. The van der Waals surface area contributed by atoms with Crippen LogP contribution in [0.5, 0.6) is 0 Å². The maximum absolute atomic E-state index is 5.46. The van der Waals surface area contributed by atoms with Gasteiger partial charge in [0, 0.05) is 0 Å². The van der Waals surface area contributed by atoms with Gasteiger partial charge >= 0.3 is 0 Å². The van der Waals surface area contributed by atoms with Crippen LogP contribution in [0, 0.1) is 0 Å². The average Bonchev–Trinajstić information content (AvgIpc) is 2.09. The quantitative estimate of drug-likeness (QED) is 0.267. The van der Waals surface area contributed by atoms with Crippen LogP contribution in [0.3, 0.4) is 0 Å². The topological polar surface area (TPSA) is 18.5 Å². The molecule has 1 unspecified atom stereocenters. The van der Waals surface area contributed by atoms with E-state index in [4.69, 9.17) is 9.78 Å². The lowest BCUT2D eigenvalue weighted by atomic mass is 10.3. The van der Waals surface area contributed by atoms with Crippen LogP contribution in [0.1, 0.15) is 39.5 Å². The van der Waals surface area contributed by atoms with Crippen LogP contribution in [0.25, 0.3) is 0 Å². The van der Waals surface area contributed by atoms with Crippen molar-refractivity contribution in [1.82, 2.24) is 0 Å². The SMILES string of the molecule is CCCCCOOC(CC)[Si](C)(C)C. The van der Waals surface area contributed by atoms with Crippen molar-refractivity contribution in [3.8, 4) is 0 Å². The van der Waals surface area contributed by atoms with Crippen LogP contribution in [0.2, 0.25) is 19.6 Å². The third kappa shape index (κ3) is 6.57. The van der Waals surface area contributed by atoms with E-state index in [1.165, 1.54) is 12.8 Å².